The summed E-state index contributed by atoms with van der Waals surface area (Å²) >= 11 is 0. The van der Waals surface area contributed by atoms with Gasteiger partial charge in [-0.3, -0.25) is 0 Å². The summed E-state index contributed by atoms with van der Waals surface area (Å²) in [6.07, 6.45) is 4.07. The lowest BCUT2D eigenvalue weighted by molar-refractivity contribution is 0.397. The lowest BCUT2D eigenvalue weighted by Gasteiger charge is -2.09. The Kier molecular flexibility index (Phi) is 3.83. The van der Waals surface area contributed by atoms with Crippen molar-refractivity contribution in [2.24, 2.45) is 5.84 Å². The summed E-state index contributed by atoms with van der Waals surface area (Å²) < 4.78 is 5.04. The molecule has 0 aliphatic heterocycles. The van der Waals surface area contributed by atoms with Crippen LogP contribution in [0.15, 0.2) is 24.4 Å². The Labute approximate surface area is 122 Å². The first kappa shape index (κ1) is 13.6. The minimum Gasteiger partial charge on any atom is -0.481 e. The third-order valence-electron chi connectivity index (χ3n) is 3.31. The Balaban J connectivity index is 1.69. The van der Waals surface area contributed by atoms with Crippen LogP contribution in [0, 0.1) is 0 Å². The molecule has 2 heterocycles. The fourth-order valence-electron chi connectivity index (χ4n) is 1.98. The molecule has 0 bridgehead atoms. The number of nitrogens with two attached hydrogens (primary N) is 1. The third kappa shape index (κ3) is 3.38. The van der Waals surface area contributed by atoms with Crippen molar-refractivity contribution >= 4 is 11.6 Å². The SMILES string of the molecule is COc1ccc(CNc2cc(NN)nc(C3CC3)n2)cn1. The van der Waals surface area contributed by atoms with Crippen LogP contribution < -0.4 is 21.3 Å². The number of hydrazine groups is 1. The molecule has 1 aliphatic carbocycles. The molecule has 2 aromatic rings. The van der Waals surface area contributed by atoms with Crippen LogP contribution in [0.1, 0.15) is 30.1 Å². The Bertz CT molecular complexity index is 611. The Morgan fingerprint density at radius 3 is 2.71 bits per heavy atom. The maximum absolute atomic E-state index is 5.46. The van der Waals surface area contributed by atoms with Crippen molar-refractivity contribution in [3.63, 3.8) is 0 Å². The summed E-state index contributed by atoms with van der Waals surface area (Å²) in [5.41, 5.74) is 3.63. The van der Waals surface area contributed by atoms with E-state index in [1.165, 1.54) is 0 Å². The van der Waals surface area contributed by atoms with Crippen molar-refractivity contribution in [3.05, 3.63) is 35.8 Å². The standard InChI is InChI=1S/C14H18N6O/c1-21-13-5-2-9(8-17-13)7-16-11-6-12(20-15)19-14(18-11)10-3-4-10/h2,5-6,8,10H,3-4,7,15H2,1H3,(H2,16,18,19,20). The maximum atomic E-state index is 5.46. The van der Waals surface area contributed by atoms with E-state index in [9.17, 15) is 0 Å². The highest BCUT2D eigenvalue weighted by Crippen LogP contribution is 2.38. The molecule has 110 valence electrons. The van der Waals surface area contributed by atoms with Crippen molar-refractivity contribution in [2.45, 2.75) is 25.3 Å². The predicted molar refractivity (Wildman–Crippen MR) is 79.9 cm³/mol. The summed E-state index contributed by atoms with van der Waals surface area (Å²) in [6, 6.07) is 5.59. The zero-order valence-electron chi connectivity index (χ0n) is 11.8. The molecule has 0 saturated heterocycles. The molecule has 3 rings (SSSR count). The molecule has 4 N–H and O–H groups in total. The molecule has 2 aromatic heterocycles. The topological polar surface area (TPSA) is 98.0 Å². The van der Waals surface area contributed by atoms with E-state index in [1.54, 1.807) is 19.4 Å². The first-order chi connectivity index (χ1) is 10.3. The van der Waals surface area contributed by atoms with Gasteiger partial charge < -0.3 is 15.5 Å². The third-order valence-corrected chi connectivity index (χ3v) is 3.31. The fraction of sp³-hybridized carbons (Fsp3) is 0.357. The van der Waals surface area contributed by atoms with Gasteiger partial charge in [0, 0.05) is 30.8 Å². The molecule has 0 amide bonds. The zero-order valence-corrected chi connectivity index (χ0v) is 11.8. The van der Waals surface area contributed by atoms with E-state index < -0.39 is 0 Å². The van der Waals surface area contributed by atoms with Gasteiger partial charge in [-0.2, -0.15) is 0 Å². The van der Waals surface area contributed by atoms with Gasteiger partial charge in [0.15, 0.2) is 0 Å². The van der Waals surface area contributed by atoms with Gasteiger partial charge in [-0.25, -0.2) is 20.8 Å². The average molecular weight is 286 g/mol. The van der Waals surface area contributed by atoms with Gasteiger partial charge in [-0.15, -0.1) is 0 Å². The first-order valence-corrected chi connectivity index (χ1v) is 6.87. The Morgan fingerprint density at radius 1 is 1.29 bits per heavy atom. The van der Waals surface area contributed by atoms with Gasteiger partial charge in [0.1, 0.15) is 17.5 Å². The average Bonchev–Trinajstić information content (AvgIpc) is 3.38. The second kappa shape index (κ2) is 5.92. The first-order valence-electron chi connectivity index (χ1n) is 6.87. The highest BCUT2D eigenvalue weighted by Gasteiger charge is 2.27. The molecule has 21 heavy (non-hydrogen) atoms. The van der Waals surface area contributed by atoms with Crippen LogP contribution in [-0.2, 0) is 6.54 Å². The second-order valence-electron chi connectivity index (χ2n) is 4.98. The number of pyridine rings is 1. The fourth-order valence-corrected chi connectivity index (χ4v) is 1.98. The number of aromatic nitrogens is 3. The molecule has 7 heteroatoms. The van der Waals surface area contributed by atoms with Crippen LogP contribution in [-0.4, -0.2) is 22.1 Å². The minimum atomic E-state index is 0.474. The van der Waals surface area contributed by atoms with Crippen LogP contribution in [0.25, 0.3) is 0 Å². The van der Waals surface area contributed by atoms with E-state index in [1.807, 2.05) is 12.1 Å². The molecule has 1 aliphatic rings. The van der Waals surface area contributed by atoms with Crippen molar-refractivity contribution in [1.29, 1.82) is 0 Å². The maximum Gasteiger partial charge on any atom is 0.212 e. The largest absolute Gasteiger partial charge is 0.481 e. The highest BCUT2D eigenvalue weighted by atomic mass is 16.5. The van der Waals surface area contributed by atoms with Gasteiger partial charge in [-0.05, 0) is 18.4 Å². The number of nitrogen functional groups attached to an aromatic ring is 1. The molecule has 1 saturated carbocycles. The summed E-state index contributed by atoms with van der Waals surface area (Å²) in [5, 5.41) is 3.27. The summed E-state index contributed by atoms with van der Waals surface area (Å²) in [7, 11) is 1.60. The van der Waals surface area contributed by atoms with E-state index in [0.29, 0.717) is 24.2 Å². The molecule has 0 spiro atoms. The quantitative estimate of drug-likeness (QED) is 0.548. The van der Waals surface area contributed by atoms with Crippen molar-refractivity contribution in [2.75, 3.05) is 17.9 Å². The Morgan fingerprint density at radius 2 is 2.10 bits per heavy atom. The number of rotatable bonds is 6. The molecular weight excluding hydrogens is 268 g/mol. The van der Waals surface area contributed by atoms with Gasteiger partial charge in [0.25, 0.3) is 0 Å². The van der Waals surface area contributed by atoms with E-state index in [-0.39, 0.29) is 0 Å². The molecule has 0 aromatic carbocycles. The molecule has 0 atom stereocenters. The number of nitrogens with zero attached hydrogens (tertiary/aromatic N) is 3. The molecule has 0 radical (unpaired) electrons. The number of ether oxygens (including phenoxy) is 1. The monoisotopic (exact) mass is 286 g/mol. The Hall–Kier alpha value is -2.41. The lowest BCUT2D eigenvalue weighted by Crippen LogP contribution is -2.12. The predicted octanol–water partition coefficient (Wildman–Crippen LogP) is 1.66. The van der Waals surface area contributed by atoms with E-state index >= 15 is 0 Å². The van der Waals surface area contributed by atoms with Gasteiger partial charge in [0.2, 0.25) is 5.88 Å². The number of methoxy groups -OCH3 is 1. The van der Waals surface area contributed by atoms with Gasteiger partial charge in [0.05, 0.1) is 7.11 Å². The molecule has 7 nitrogen and oxygen atoms in total. The summed E-state index contributed by atoms with van der Waals surface area (Å²) in [4.78, 5) is 13.1. The number of anilines is 2. The van der Waals surface area contributed by atoms with Gasteiger partial charge in [-0.1, -0.05) is 6.07 Å². The molecular formula is C14H18N6O. The number of nitrogens with one attached hydrogen (secondary N) is 2. The van der Waals surface area contributed by atoms with E-state index in [0.717, 1.165) is 30.0 Å². The van der Waals surface area contributed by atoms with Crippen molar-refractivity contribution in [1.82, 2.24) is 15.0 Å². The van der Waals surface area contributed by atoms with E-state index in [2.05, 4.69) is 25.7 Å². The van der Waals surface area contributed by atoms with Crippen LogP contribution >= 0.6 is 0 Å². The highest BCUT2D eigenvalue weighted by molar-refractivity contribution is 5.47. The van der Waals surface area contributed by atoms with Crippen LogP contribution in [0.2, 0.25) is 0 Å². The summed E-state index contributed by atoms with van der Waals surface area (Å²) in [5.74, 6) is 8.77. The number of hydrogen-bond donors (Lipinski definition) is 3. The minimum absolute atomic E-state index is 0.474. The normalized spacial score (nSPS) is 13.8. The van der Waals surface area contributed by atoms with Crippen LogP contribution in [0.5, 0.6) is 5.88 Å². The van der Waals surface area contributed by atoms with Crippen LogP contribution in [0.3, 0.4) is 0 Å². The smallest absolute Gasteiger partial charge is 0.212 e. The van der Waals surface area contributed by atoms with Gasteiger partial charge >= 0.3 is 0 Å². The van der Waals surface area contributed by atoms with Crippen molar-refractivity contribution in [3.8, 4) is 5.88 Å². The van der Waals surface area contributed by atoms with Crippen LogP contribution in [0.4, 0.5) is 11.6 Å². The lowest BCUT2D eigenvalue weighted by atomic mass is 10.3. The van der Waals surface area contributed by atoms with E-state index in [4.69, 9.17) is 10.6 Å². The molecule has 1 fully saturated rings. The second-order valence-corrected chi connectivity index (χ2v) is 4.98. The summed E-state index contributed by atoms with van der Waals surface area (Å²) in [6.45, 7) is 0.627. The number of hydrogen-bond acceptors (Lipinski definition) is 7. The van der Waals surface area contributed by atoms with Crippen molar-refractivity contribution < 1.29 is 4.74 Å². The molecule has 0 unspecified atom stereocenters. The zero-order chi connectivity index (χ0) is 14.7.